The summed E-state index contributed by atoms with van der Waals surface area (Å²) < 4.78 is 32.4. The second-order valence-corrected chi connectivity index (χ2v) is 6.07. The van der Waals surface area contributed by atoms with Crippen LogP contribution in [0.2, 0.25) is 0 Å². The summed E-state index contributed by atoms with van der Waals surface area (Å²) in [7, 11) is -3.58. The van der Waals surface area contributed by atoms with Crippen LogP contribution in [0.1, 0.15) is 12.8 Å². The molecule has 2 heterocycles. The van der Waals surface area contributed by atoms with Gasteiger partial charge in [-0.3, -0.25) is 4.98 Å². The van der Waals surface area contributed by atoms with Gasteiger partial charge in [0.05, 0.1) is 0 Å². The zero-order valence-electron chi connectivity index (χ0n) is 10.0. The topological polar surface area (TPSA) is 94.3 Å². The lowest BCUT2D eigenvalue weighted by Crippen LogP contribution is -2.56. The molecular formula is C11H17N3O3S. The molecule has 3 N–H and O–H groups in total. The third-order valence-corrected chi connectivity index (χ3v) is 4.70. The van der Waals surface area contributed by atoms with Gasteiger partial charge in [0.25, 0.3) is 0 Å². The van der Waals surface area contributed by atoms with Gasteiger partial charge < -0.3 is 10.5 Å². The molecule has 0 spiro atoms. The molecule has 6 nitrogen and oxygen atoms in total. The maximum atomic E-state index is 12.2. The van der Waals surface area contributed by atoms with E-state index >= 15 is 0 Å². The first-order valence-corrected chi connectivity index (χ1v) is 7.28. The molecular weight excluding hydrogens is 254 g/mol. The third-order valence-electron chi connectivity index (χ3n) is 3.14. The minimum absolute atomic E-state index is 0.157. The predicted octanol–water partition coefficient (Wildman–Crippen LogP) is -0.132. The maximum Gasteiger partial charge on any atom is 0.242 e. The molecule has 0 radical (unpaired) electrons. The Hall–Kier alpha value is -1.02. The van der Waals surface area contributed by atoms with Crippen LogP contribution >= 0.6 is 0 Å². The summed E-state index contributed by atoms with van der Waals surface area (Å²) in [6, 6.07) is 3.10. The Kier molecular flexibility index (Phi) is 3.96. The molecule has 100 valence electrons. The highest BCUT2D eigenvalue weighted by Gasteiger charge is 2.35. The lowest BCUT2D eigenvalue weighted by Gasteiger charge is -2.36. The number of nitrogens with one attached hydrogen (secondary N) is 1. The molecule has 7 heteroatoms. The smallest absolute Gasteiger partial charge is 0.242 e. The van der Waals surface area contributed by atoms with Gasteiger partial charge in [-0.2, -0.15) is 0 Å². The zero-order valence-corrected chi connectivity index (χ0v) is 10.8. The summed E-state index contributed by atoms with van der Waals surface area (Å²) >= 11 is 0. The first-order valence-electron chi connectivity index (χ1n) is 5.80. The first-order chi connectivity index (χ1) is 8.58. The Morgan fingerprint density at radius 1 is 1.44 bits per heavy atom. The fourth-order valence-electron chi connectivity index (χ4n) is 1.96. The SMILES string of the molecule is NCC1(NS(=O)(=O)c2cccnc2)CCOCC1. The Morgan fingerprint density at radius 3 is 2.72 bits per heavy atom. The van der Waals surface area contributed by atoms with Crippen LogP contribution in [-0.4, -0.2) is 38.7 Å². The lowest BCUT2D eigenvalue weighted by atomic mass is 9.92. The predicted molar refractivity (Wildman–Crippen MR) is 66.4 cm³/mol. The second kappa shape index (κ2) is 5.31. The Morgan fingerprint density at radius 2 is 2.17 bits per heavy atom. The van der Waals surface area contributed by atoms with Crippen LogP contribution in [0.4, 0.5) is 0 Å². The van der Waals surface area contributed by atoms with Gasteiger partial charge in [0.15, 0.2) is 0 Å². The molecule has 1 saturated heterocycles. The highest BCUT2D eigenvalue weighted by molar-refractivity contribution is 7.89. The largest absolute Gasteiger partial charge is 0.381 e. The van der Waals surface area contributed by atoms with E-state index in [2.05, 4.69) is 9.71 Å². The van der Waals surface area contributed by atoms with Crippen molar-refractivity contribution in [3.8, 4) is 0 Å². The normalized spacial score (nSPS) is 19.6. The van der Waals surface area contributed by atoms with Crippen molar-refractivity contribution in [2.75, 3.05) is 19.8 Å². The molecule has 1 aromatic rings. The van der Waals surface area contributed by atoms with Crippen LogP contribution in [-0.2, 0) is 14.8 Å². The third kappa shape index (κ3) is 2.86. The fraction of sp³-hybridized carbons (Fsp3) is 0.545. The Bertz CT molecular complexity index is 484. The van der Waals surface area contributed by atoms with Gasteiger partial charge in [0.1, 0.15) is 4.90 Å². The molecule has 1 aliphatic heterocycles. The van der Waals surface area contributed by atoms with Crippen molar-refractivity contribution < 1.29 is 13.2 Å². The number of rotatable bonds is 4. The molecule has 0 atom stereocenters. The van der Waals surface area contributed by atoms with Gasteiger partial charge in [-0.05, 0) is 25.0 Å². The van der Waals surface area contributed by atoms with E-state index in [0.29, 0.717) is 26.1 Å². The molecule has 0 bridgehead atoms. The quantitative estimate of drug-likeness (QED) is 0.795. The molecule has 0 amide bonds. The van der Waals surface area contributed by atoms with E-state index in [1.54, 1.807) is 6.07 Å². The molecule has 1 fully saturated rings. The highest BCUT2D eigenvalue weighted by atomic mass is 32.2. The number of ether oxygens (including phenoxy) is 1. The van der Waals surface area contributed by atoms with Gasteiger partial charge in [0, 0.05) is 37.7 Å². The van der Waals surface area contributed by atoms with Crippen molar-refractivity contribution in [3.63, 3.8) is 0 Å². The van der Waals surface area contributed by atoms with E-state index in [0.717, 1.165) is 0 Å². The highest BCUT2D eigenvalue weighted by Crippen LogP contribution is 2.22. The fourth-order valence-corrected chi connectivity index (χ4v) is 3.39. The lowest BCUT2D eigenvalue weighted by molar-refractivity contribution is 0.0502. The van der Waals surface area contributed by atoms with Crippen molar-refractivity contribution in [2.24, 2.45) is 5.73 Å². The molecule has 0 unspecified atom stereocenters. The minimum Gasteiger partial charge on any atom is -0.381 e. The molecule has 0 saturated carbocycles. The van der Waals surface area contributed by atoms with E-state index < -0.39 is 15.6 Å². The summed E-state index contributed by atoms with van der Waals surface area (Å²) in [4.78, 5) is 3.97. The number of hydrogen-bond acceptors (Lipinski definition) is 5. The summed E-state index contributed by atoms with van der Waals surface area (Å²) in [5.41, 5.74) is 5.12. The number of pyridine rings is 1. The summed E-state index contributed by atoms with van der Waals surface area (Å²) in [6.45, 7) is 1.30. The maximum absolute atomic E-state index is 12.2. The van der Waals surface area contributed by atoms with Gasteiger partial charge in [-0.25, -0.2) is 13.1 Å². The molecule has 18 heavy (non-hydrogen) atoms. The van der Waals surface area contributed by atoms with Crippen LogP contribution in [0, 0.1) is 0 Å². The van der Waals surface area contributed by atoms with Crippen LogP contribution in [0.5, 0.6) is 0 Å². The standard InChI is InChI=1S/C11H17N3O3S/c12-9-11(3-6-17-7-4-11)14-18(15,16)10-2-1-5-13-8-10/h1-2,5,8,14H,3-4,6-7,9,12H2. The van der Waals surface area contributed by atoms with Crippen molar-refractivity contribution in [3.05, 3.63) is 24.5 Å². The average Bonchev–Trinajstić information content (AvgIpc) is 2.40. The van der Waals surface area contributed by atoms with Crippen LogP contribution in [0.25, 0.3) is 0 Å². The van der Waals surface area contributed by atoms with Crippen LogP contribution < -0.4 is 10.5 Å². The van der Waals surface area contributed by atoms with E-state index in [-0.39, 0.29) is 11.4 Å². The Labute approximate surface area is 107 Å². The van der Waals surface area contributed by atoms with Crippen molar-refractivity contribution >= 4 is 10.0 Å². The van der Waals surface area contributed by atoms with Gasteiger partial charge >= 0.3 is 0 Å². The molecule has 1 aromatic heterocycles. The summed E-state index contributed by atoms with van der Waals surface area (Å²) in [5.74, 6) is 0. The molecule has 2 rings (SSSR count). The average molecular weight is 271 g/mol. The van der Waals surface area contributed by atoms with E-state index in [1.165, 1.54) is 18.5 Å². The summed E-state index contributed by atoms with van der Waals surface area (Å²) in [5, 5.41) is 0. The van der Waals surface area contributed by atoms with Crippen molar-refractivity contribution in [2.45, 2.75) is 23.3 Å². The number of aromatic nitrogens is 1. The molecule has 1 aliphatic rings. The number of nitrogens with zero attached hydrogens (tertiary/aromatic N) is 1. The van der Waals surface area contributed by atoms with Crippen molar-refractivity contribution in [1.29, 1.82) is 0 Å². The minimum atomic E-state index is -3.58. The van der Waals surface area contributed by atoms with Gasteiger partial charge in [0.2, 0.25) is 10.0 Å². The van der Waals surface area contributed by atoms with E-state index in [9.17, 15) is 8.42 Å². The monoisotopic (exact) mass is 271 g/mol. The number of sulfonamides is 1. The second-order valence-electron chi connectivity index (χ2n) is 4.39. The first kappa shape index (κ1) is 13.4. The summed E-state index contributed by atoms with van der Waals surface area (Å²) in [6.07, 6.45) is 4.03. The molecule has 0 aliphatic carbocycles. The van der Waals surface area contributed by atoms with Gasteiger partial charge in [-0.15, -0.1) is 0 Å². The van der Waals surface area contributed by atoms with E-state index in [1.807, 2.05) is 0 Å². The van der Waals surface area contributed by atoms with Gasteiger partial charge in [-0.1, -0.05) is 0 Å². The number of hydrogen-bond donors (Lipinski definition) is 2. The Balaban J connectivity index is 2.21. The van der Waals surface area contributed by atoms with E-state index in [4.69, 9.17) is 10.5 Å². The molecule has 0 aromatic carbocycles. The van der Waals surface area contributed by atoms with Crippen LogP contribution in [0.15, 0.2) is 29.4 Å². The van der Waals surface area contributed by atoms with Crippen LogP contribution in [0.3, 0.4) is 0 Å². The number of nitrogens with two attached hydrogens (primary N) is 1. The van der Waals surface area contributed by atoms with Crippen molar-refractivity contribution in [1.82, 2.24) is 9.71 Å². The zero-order chi connectivity index (χ0) is 13.1.